The first-order chi connectivity index (χ1) is 8.15. The molecule has 17 heavy (non-hydrogen) atoms. The Morgan fingerprint density at radius 2 is 1.82 bits per heavy atom. The van der Waals surface area contributed by atoms with Crippen LogP contribution in [0.5, 0.6) is 5.75 Å². The number of hydrogen-bond acceptors (Lipinski definition) is 1. The van der Waals surface area contributed by atoms with Gasteiger partial charge in [-0.3, -0.25) is 0 Å². The number of rotatable bonds is 3. The molecular weight excluding hydrogens is 283 g/mol. The van der Waals surface area contributed by atoms with Crippen LogP contribution in [0.1, 0.15) is 11.1 Å². The number of benzene rings is 2. The summed E-state index contributed by atoms with van der Waals surface area (Å²) in [5.41, 5.74) is 1.90. The van der Waals surface area contributed by atoms with Gasteiger partial charge in [0.2, 0.25) is 0 Å². The summed E-state index contributed by atoms with van der Waals surface area (Å²) < 4.78 is 19.7. The van der Waals surface area contributed by atoms with Crippen LogP contribution < -0.4 is 4.74 Å². The molecule has 0 N–H and O–H groups in total. The lowest BCUT2D eigenvalue weighted by atomic mass is 10.1. The molecular formula is C14H12BrFO. The Kier molecular flexibility index (Phi) is 3.79. The average Bonchev–Trinajstić information content (AvgIpc) is 2.32. The third-order valence-corrected chi connectivity index (χ3v) is 3.05. The van der Waals surface area contributed by atoms with Crippen molar-refractivity contribution in [2.45, 2.75) is 13.5 Å². The van der Waals surface area contributed by atoms with E-state index >= 15 is 0 Å². The van der Waals surface area contributed by atoms with Gasteiger partial charge in [0.1, 0.15) is 18.2 Å². The fourth-order valence-corrected chi connectivity index (χ4v) is 1.75. The van der Waals surface area contributed by atoms with Crippen LogP contribution in [0.25, 0.3) is 0 Å². The molecule has 0 saturated carbocycles. The van der Waals surface area contributed by atoms with Gasteiger partial charge in [0.15, 0.2) is 0 Å². The highest BCUT2D eigenvalue weighted by Crippen LogP contribution is 2.18. The number of halogens is 2. The van der Waals surface area contributed by atoms with Crippen molar-refractivity contribution in [2.75, 3.05) is 0 Å². The van der Waals surface area contributed by atoms with E-state index < -0.39 is 0 Å². The van der Waals surface area contributed by atoms with E-state index in [-0.39, 0.29) is 5.82 Å². The Bertz CT molecular complexity index is 508. The van der Waals surface area contributed by atoms with E-state index in [1.54, 1.807) is 6.07 Å². The molecule has 0 amide bonds. The highest BCUT2D eigenvalue weighted by Gasteiger charge is 2.01. The van der Waals surface area contributed by atoms with Crippen molar-refractivity contribution < 1.29 is 9.13 Å². The molecule has 1 nitrogen and oxygen atoms in total. The molecule has 0 spiro atoms. The van der Waals surface area contributed by atoms with Crippen molar-refractivity contribution in [3.8, 4) is 5.75 Å². The van der Waals surface area contributed by atoms with Crippen LogP contribution in [0.15, 0.2) is 46.9 Å². The zero-order valence-corrected chi connectivity index (χ0v) is 11.0. The lowest BCUT2D eigenvalue weighted by Gasteiger charge is -2.08. The summed E-state index contributed by atoms with van der Waals surface area (Å²) in [6, 6.07) is 12.3. The number of aryl methyl sites for hydroxylation is 1. The van der Waals surface area contributed by atoms with Gasteiger partial charge in [-0.1, -0.05) is 22.0 Å². The van der Waals surface area contributed by atoms with Gasteiger partial charge in [-0.15, -0.1) is 0 Å². The van der Waals surface area contributed by atoms with E-state index in [2.05, 4.69) is 15.9 Å². The van der Waals surface area contributed by atoms with E-state index in [1.165, 1.54) is 12.1 Å². The average molecular weight is 295 g/mol. The van der Waals surface area contributed by atoms with Gasteiger partial charge in [0, 0.05) is 4.47 Å². The molecule has 0 aliphatic heterocycles. The molecule has 0 aliphatic rings. The fourth-order valence-electron chi connectivity index (χ4n) is 1.49. The lowest BCUT2D eigenvalue weighted by Crippen LogP contribution is -1.98. The summed E-state index contributed by atoms with van der Waals surface area (Å²) in [6.07, 6.45) is 0. The summed E-state index contributed by atoms with van der Waals surface area (Å²) in [5.74, 6) is 0.543. The van der Waals surface area contributed by atoms with Gasteiger partial charge < -0.3 is 4.74 Å². The molecule has 0 unspecified atom stereocenters. The van der Waals surface area contributed by atoms with Crippen LogP contribution in [-0.4, -0.2) is 0 Å². The van der Waals surface area contributed by atoms with Crippen molar-refractivity contribution in [3.63, 3.8) is 0 Å². The molecule has 3 heteroatoms. The molecule has 2 aromatic carbocycles. The summed E-state index contributed by atoms with van der Waals surface area (Å²) in [5, 5.41) is 0. The maximum atomic E-state index is 13.1. The molecule has 0 atom stereocenters. The van der Waals surface area contributed by atoms with Gasteiger partial charge in [0.25, 0.3) is 0 Å². The standard InChI is InChI=1S/C14H12BrFO/c1-10-2-5-13(16)8-11(10)9-17-14-6-3-12(15)4-7-14/h2-8H,9H2,1H3. The van der Waals surface area contributed by atoms with Crippen LogP contribution in [0, 0.1) is 12.7 Å². The summed E-state index contributed by atoms with van der Waals surface area (Å²) >= 11 is 3.36. The van der Waals surface area contributed by atoms with Gasteiger partial charge in [0.05, 0.1) is 0 Å². The van der Waals surface area contributed by atoms with Crippen LogP contribution in [0.4, 0.5) is 4.39 Å². The SMILES string of the molecule is Cc1ccc(F)cc1COc1ccc(Br)cc1. The van der Waals surface area contributed by atoms with E-state index in [4.69, 9.17) is 4.74 Å². The van der Waals surface area contributed by atoms with Gasteiger partial charge in [-0.25, -0.2) is 4.39 Å². The van der Waals surface area contributed by atoms with E-state index in [1.807, 2.05) is 31.2 Å². The van der Waals surface area contributed by atoms with Crippen LogP contribution in [-0.2, 0) is 6.61 Å². The lowest BCUT2D eigenvalue weighted by molar-refractivity contribution is 0.304. The molecule has 0 bridgehead atoms. The minimum Gasteiger partial charge on any atom is -0.489 e. The Morgan fingerprint density at radius 3 is 2.53 bits per heavy atom. The number of hydrogen-bond donors (Lipinski definition) is 0. The topological polar surface area (TPSA) is 9.23 Å². The third-order valence-electron chi connectivity index (χ3n) is 2.52. The van der Waals surface area contributed by atoms with Crippen molar-refractivity contribution >= 4 is 15.9 Å². The molecule has 0 heterocycles. The smallest absolute Gasteiger partial charge is 0.123 e. The van der Waals surface area contributed by atoms with Crippen LogP contribution in [0.3, 0.4) is 0 Å². The maximum absolute atomic E-state index is 13.1. The van der Waals surface area contributed by atoms with E-state index in [0.29, 0.717) is 6.61 Å². The van der Waals surface area contributed by atoms with E-state index in [0.717, 1.165) is 21.3 Å². The second-order valence-electron chi connectivity index (χ2n) is 3.81. The quantitative estimate of drug-likeness (QED) is 0.811. The van der Waals surface area contributed by atoms with Gasteiger partial charge in [-0.2, -0.15) is 0 Å². The van der Waals surface area contributed by atoms with Crippen molar-refractivity contribution in [1.82, 2.24) is 0 Å². The first-order valence-corrected chi connectivity index (χ1v) is 6.08. The summed E-state index contributed by atoms with van der Waals surface area (Å²) in [6.45, 7) is 2.32. The minimum absolute atomic E-state index is 0.231. The van der Waals surface area contributed by atoms with Crippen LogP contribution in [0.2, 0.25) is 0 Å². The fraction of sp³-hybridized carbons (Fsp3) is 0.143. The predicted molar refractivity (Wildman–Crippen MR) is 69.6 cm³/mol. The summed E-state index contributed by atoms with van der Waals surface area (Å²) in [4.78, 5) is 0. The third kappa shape index (κ3) is 3.30. The Morgan fingerprint density at radius 1 is 1.12 bits per heavy atom. The predicted octanol–water partition coefficient (Wildman–Crippen LogP) is 4.48. The normalized spacial score (nSPS) is 10.3. The Hall–Kier alpha value is -1.35. The largest absolute Gasteiger partial charge is 0.489 e. The highest BCUT2D eigenvalue weighted by molar-refractivity contribution is 9.10. The first kappa shape index (κ1) is 12.1. The Balaban J connectivity index is 2.07. The monoisotopic (exact) mass is 294 g/mol. The second-order valence-corrected chi connectivity index (χ2v) is 4.73. The minimum atomic E-state index is -0.231. The molecule has 2 rings (SSSR count). The second kappa shape index (κ2) is 5.32. The molecule has 0 aromatic heterocycles. The molecule has 2 aromatic rings. The summed E-state index contributed by atoms with van der Waals surface area (Å²) in [7, 11) is 0. The highest BCUT2D eigenvalue weighted by atomic mass is 79.9. The van der Waals surface area contributed by atoms with Crippen LogP contribution >= 0.6 is 15.9 Å². The van der Waals surface area contributed by atoms with Gasteiger partial charge >= 0.3 is 0 Å². The van der Waals surface area contributed by atoms with Crippen molar-refractivity contribution in [2.24, 2.45) is 0 Å². The molecule has 0 fully saturated rings. The van der Waals surface area contributed by atoms with Crippen molar-refractivity contribution in [1.29, 1.82) is 0 Å². The molecule has 0 aliphatic carbocycles. The number of ether oxygens (including phenoxy) is 1. The van der Waals surface area contributed by atoms with E-state index in [9.17, 15) is 4.39 Å². The first-order valence-electron chi connectivity index (χ1n) is 5.28. The Labute approximate surface area is 108 Å². The molecule has 0 saturated heterocycles. The molecule has 88 valence electrons. The zero-order chi connectivity index (χ0) is 12.3. The van der Waals surface area contributed by atoms with Gasteiger partial charge in [-0.05, 0) is 54.4 Å². The van der Waals surface area contributed by atoms with Crippen molar-refractivity contribution in [3.05, 3.63) is 63.9 Å². The zero-order valence-electron chi connectivity index (χ0n) is 9.41. The molecule has 0 radical (unpaired) electrons. The maximum Gasteiger partial charge on any atom is 0.123 e.